The Morgan fingerprint density at radius 1 is 1.34 bits per heavy atom. The molecule has 6 N–H and O–H groups in total. The maximum absolute atomic E-state index is 12.8. The second kappa shape index (κ2) is 8.05. The van der Waals surface area contributed by atoms with Gasteiger partial charge >= 0.3 is 6.18 Å². The van der Waals surface area contributed by atoms with Crippen LogP contribution in [0.3, 0.4) is 0 Å². The molecule has 0 aliphatic heterocycles. The maximum Gasteiger partial charge on any atom is 0.422 e. The van der Waals surface area contributed by atoms with E-state index in [0.717, 1.165) is 25.7 Å². The van der Waals surface area contributed by atoms with Gasteiger partial charge in [-0.1, -0.05) is 12.8 Å². The molecule has 0 radical (unpaired) electrons. The number of aromatic nitrogens is 1. The van der Waals surface area contributed by atoms with Gasteiger partial charge in [-0.15, -0.1) is 5.10 Å². The number of hydrazone groups is 1. The first kappa shape index (κ1) is 21.2. The van der Waals surface area contributed by atoms with Gasteiger partial charge in [0.15, 0.2) is 6.61 Å². The molecular weight excluding hydrogens is 389 g/mol. The second-order valence-corrected chi connectivity index (χ2v) is 7.85. The van der Waals surface area contributed by atoms with E-state index in [4.69, 9.17) is 16.3 Å². The molecule has 8 nitrogen and oxygen atoms in total. The van der Waals surface area contributed by atoms with E-state index in [-0.39, 0.29) is 23.2 Å². The Labute approximate surface area is 166 Å². The van der Waals surface area contributed by atoms with Crippen LogP contribution in [0, 0.1) is 5.92 Å². The number of pyridine rings is 1. The summed E-state index contributed by atoms with van der Waals surface area (Å²) in [5.41, 5.74) is 7.65. The summed E-state index contributed by atoms with van der Waals surface area (Å²) < 4.78 is 42.8. The number of nitrogens with two attached hydrogens (primary N) is 2. The second-order valence-electron chi connectivity index (χ2n) is 7.85. The Balaban J connectivity index is 1.80. The van der Waals surface area contributed by atoms with E-state index in [1.54, 1.807) is 6.92 Å². The van der Waals surface area contributed by atoms with Crippen LogP contribution in [0.4, 0.5) is 13.2 Å². The molecule has 1 heterocycles. The monoisotopic (exact) mass is 414 g/mol. The van der Waals surface area contributed by atoms with Crippen LogP contribution in [0.15, 0.2) is 17.4 Å². The number of rotatable bonds is 9. The van der Waals surface area contributed by atoms with E-state index in [1.807, 2.05) is 0 Å². The van der Waals surface area contributed by atoms with Crippen LogP contribution in [0.5, 0.6) is 5.75 Å². The number of nitrogens with zero attached hydrogens (tertiary/aromatic N) is 2. The summed E-state index contributed by atoms with van der Waals surface area (Å²) in [5, 5.41) is 6.58. The Bertz CT molecular complexity index is 792. The normalized spacial score (nSPS) is 19.4. The third kappa shape index (κ3) is 5.72. The Morgan fingerprint density at radius 3 is 2.59 bits per heavy atom. The average Bonchev–Trinajstić information content (AvgIpc) is 3.53. The molecule has 160 valence electrons. The topological polar surface area (TPSA) is 128 Å². The van der Waals surface area contributed by atoms with Gasteiger partial charge in [-0.05, 0) is 38.0 Å². The molecule has 11 heteroatoms. The SMILES string of the molecule is CC(CC1CC1)(NC(=O)c1cc(OCC(F)(F)F)c(C2CC2)cn1)/C(N)=N/NN. The molecule has 2 aliphatic rings. The van der Waals surface area contributed by atoms with E-state index in [2.05, 4.69) is 20.9 Å². The predicted molar refractivity (Wildman–Crippen MR) is 99.9 cm³/mol. The molecule has 0 saturated heterocycles. The minimum Gasteiger partial charge on any atom is -0.484 e. The van der Waals surface area contributed by atoms with Crippen LogP contribution in [-0.4, -0.2) is 35.0 Å². The van der Waals surface area contributed by atoms with Gasteiger partial charge in [0.2, 0.25) is 0 Å². The van der Waals surface area contributed by atoms with Gasteiger partial charge in [0.05, 0.1) is 5.54 Å². The highest BCUT2D eigenvalue weighted by molar-refractivity contribution is 5.99. The number of carbonyl (C=O) groups excluding carboxylic acids is 1. The molecule has 1 aromatic heterocycles. The Hall–Kier alpha value is -2.56. The summed E-state index contributed by atoms with van der Waals surface area (Å²) in [4.78, 5) is 16.9. The minimum atomic E-state index is -4.48. The molecule has 0 aromatic carbocycles. The number of halogens is 3. The lowest BCUT2D eigenvalue weighted by atomic mass is 9.93. The average molecular weight is 414 g/mol. The first-order valence-electron chi connectivity index (χ1n) is 9.42. The maximum atomic E-state index is 12.8. The fourth-order valence-electron chi connectivity index (χ4n) is 3.18. The summed E-state index contributed by atoms with van der Waals surface area (Å²) in [7, 11) is 0. The Morgan fingerprint density at radius 2 is 2.03 bits per heavy atom. The molecule has 2 saturated carbocycles. The molecule has 1 amide bonds. The summed E-state index contributed by atoms with van der Waals surface area (Å²) in [6.07, 6.45) is 1.26. The van der Waals surface area contributed by atoms with Crippen molar-refractivity contribution >= 4 is 11.7 Å². The molecule has 0 bridgehead atoms. The number of ether oxygens (including phenoxy) is 1. The third-order valence-corrected chi connectivity index (χ3v) is 5.07. The lowest BCUT2D eigenvalue weighted by Crippen LogP contribution is -2.56. The summed E-state index contributed by atoms with van der Waals surface area (Å²) in [6.45, 7) is 0.290. The van der Waals surface area contributed by atoms with E-state index in [1.165, 1.54) is 12.3 Å². The molecule has 29 heavy (non-hydrogen) atoms. The van der Waals surface area contributed by atoms with Crippen LogP contribution in [-0.2, 0) is 0 Å². The van der Waals surface area contributed by atoms with Crippen molar-refractivity contribution in [3.63, 3.8) is 0 Å². The summed E-state index contributed by atoms with van der Waals surface area (Å²) >= 11 is 0. The van der Waals surface area contributed by atoms with Crippen molar-refractivity contribution in [2.45, 2.75) is 56.7 Å². The standard InChI is InChI=1S/C18H25F3N6O2/c1-17(7-10-2-3-10,16(22)26-27-23)25-15(28)13-6-14(29-9-18(19,20)21)12(8-24-13)11-4-5-11/h6,8,10-11,27H,2-5,7,9,23H2,1H3,(H2,22,26)(H,25,28). The van der Waals surface area contributed by atoms with Gasteiger partial charge in [0, 0.05) is 17.8 Å². The number of hydrogen-bond donors (Lipinski definition) is 4. The van der Waals surface area contributed by atoms with Gasteiger partial charge in [0.1, 0.15) is 17.3 Å². The van der Waals surface area contributed by atoms with Crippen molar-refractivity contribution in [3.8, 4) is 5.75 Å². The number of alkyl halides is 3. The van der Waals surface area contributed by atoms with Crippen molar-refractivity contribution in [1.29, 1.82) is 0 Å². The van der Waals surface area contributed by atoms with Crippen molar-refractivity contribution in [3.05, 3.63) is 23.5 Å². The number of amidine groups is 1. The molecule has 1 aromatic rings. The van der Waals surface area contributed by atoms with Crippen LogP contribution < -0.4 is 27.2 Å². The smallest absolute Gasteiger partial charge is 0.422 e. The highest BCUT2D eigenvalue weighted by atomic mass is 19.4. The van der Waals surface area contributed by atoms with Crippen molar-refractivity contribution in [1.82, 2.24) is 15.8 Å². The largest absolute Gasteiger partial charge is 0.484 e. The van der Waals surface area contributed by atoms with Crippen LogP contribution in [0.1, 0.15) is 61.0 Å². The number of hydrogen-bond acceptors (Lipinski definition) is 6. The van der Waals surface area contributed by atoms with Crippen LogP contribution in [0.25, 0.3) is 0 Å². The molecule has 2 aliphatic carbocycles. The lowest BCUT2D eigenvalue weighted by Gasteiger charge is -2.30. The first-order valence-corrected chi connectivity index (χ1v) is 9.42. The fourth-order valence-corrected chi connectivity index (χ4v) is 3.18. The zero-order valence-corrected chi connectivity index (χ0v) is 16.1. The van der Waals surface area contributed by atoms with E-state index >= 15 is 0 Å². The molecule has 2 fully saturated rings. The Kier molecular flexibility index (Phi) is 5.87. The van der Waals surface area contributed by atoms with Crippen molar-refractivity contribution < 1.29 is 22.7 Å². The van der Waals surface area contributed by atoms with Crippen molar-refractivity contribution in [2.75, 3.05) is 6.61 Å². The zero-order valence-electron chi connectivity index (χ0n) is 16.1. The quantitative estimate of drug-likeness (QED) is 0.212. The molecule has 1 atom stereocenters. The minimum absolute atomic E-state index is 0.0270. The molecular formula is C18H25F3N6O2. The van der Waals surface area contributed by atoms with Crippen LogP contribution in [0.2, 0.25) is 0 Å². The van der Waals surface area contributed by atoms with E-state index in [9.17, 15) is 18.0 Å². The van der Waals surface area contributed by atoms with Crippen molar-refractivity contribution in [2.24, 2.45) is 22.6 Å². The van der Waals surface area contributed by atoms with E-state index < -0.39 is 24.2 Å². The first-order chi connectivity index (χ1) is 13.6. The molecule has 3 rings (SSSR count). The van der Waals surface area contributed by atoms with Gasteiger partial charge < -0.3 is 15.8 Å². The van der Waals surface area contributed by atoms with E-state index in [0.29, 0.717) is 17.9 Å². The number of nitrogens with one attached hydrogen (secondary N) is 2. The summed E-state index contributed by atoms with van der Waals surface area (Å²) in [6, 6.07) is 1.25. The zero-order chi connectivity index (χ0) is 21.2. The summed E-state index contributed by atoms with van der Waals surface area (Å²) in [5.74, 6) is 5.27. The molecule has 1 unspecified atom stereocenters. The highest BCUT2D eigenvalue weighted by Gasteiger charge is 2.39. The number of carbonyl (C=O) groups is 1. The fraction of sp³-hybridized carbons (Fsp3) is 0.611. The highest BCUT2D eigenvalue weighted by Crippen LogP contribution is 2.44. The van der Waals surface area contributed by atoms with Gasteiger partial charge in [-0.2, -0.15) is 13.2 Å². The third-order valence-electron chi connectivity index (χ3n) is 5.07. The number of amides is 1. The predicted octanol–water partition coefficient (Wildman–Crippen LogP) is 1.92. The van der Waals surface area contributed by atoms with Crippen LogP contribution >= 0.6 is 0 Å². The van der Waals surface area contributed by atoms with Gasteiger partial charge in [-0.25, -0.2) is 11.4 Å². The number of hydrazine groups is 1. The molecule has 0 spiro atoms. The van der Waals surface area contributed by atoms with Gasteiger partial charge in [-0.3, -0.25) is 9.78 Å². The lowest BCUT2D eigenvalue weighted by molar-refractivity contribution is -0.153. The van der Waals surface area contributed by atoms with Gasteiger partial charge in [0.25, 0.3) is 5.91 Å².